The van der Waals surface area contributed by atoms with Crippen molar-refractivity contribution in [3.63, 3.8) is 0 Å². The first-order chi connectivity index (χ1) is 18.2. The van der Waals surface area contributed by atoms with Gasteiger partial charge < -0.3 is 24.1 Å². The predicted octanol–water partition coefficient (Wildman–Crippen LogP) is 6.17. The Morgan fingerprint density at radius 3 is 2.62 bits per heavy atom. The van der Waals surface area contributed by atoms with E-state index in [-0.39, 0.29) is 29.7 Å². The van der Waals surface area contributed by atoms with E-state index in [0.717, 1.165) is 22.7 Å². The molecule has 0 radical (unpaired) electrons. The summed E-state index contributed by atoms with van der Waals surface area (Å²) in [6, 6.07) is 7.50. The number of piperidine rings is 1. The molecule has 3 amide bonds. The monoisotopic (exact) mass is 597 g/mol. The minimum absolute atomic E-state index is 0.0161. The molecule has 1 unspecified atom stereocenters. The Bertz CT molecular complexity index is 1250. The molecule has 212 valence electrons. The van der Waals surface area contributed by atoms with Gasteiger partial charge in [-0.2, -0.15) is 0 Å². The van der Waals surface area contributed by atoms with Crippen LogP contribution in [-0.4, -0.2) is 58.3 Å². The fourth-order valence-electron chi connectivity index (χ4n) is 4.12. The third kappa shape index (κ3) is 6.74. The van der Waals surface area contributed by atoms with E-state index < -0.39 is 38.5 Å². The van der Waals surface area contributed by atoms with Gasteiger partial charge in [-0.05, 0) is 61.3 Å². The Balaban J connectivity index is 1.37. The molecule has 4 rings (SSSR count). The highest BCUT2D eigenvalue weighted by Crippen LogP contribution is 2.39. The molecule has 2 fully saturated rings. The van der Waals surface area contributed by atoms with Gasteiger partial charge in [0.25, 0.3) is 5.91 Å². The van der Waals surface area contributed by atoms with E-state index in [1.807, 2.05) is 0 Å². The number of nitrogens with one attached hydrogen (secondary N) is 1. The maximum absolute atomic E-state index is 15.3. The largest absolute Gasteiger partial charge is 0.442 e. The van der Waals surface area contributed by atoms with Crippen LogP contribution in [0.5, 0.6) is 5.06 Å². The summed E-state index contributed by atoms with van der Waals surface area (Å²) in [5, 5.41) is 2.81. The number of thiophene rings is 1. The van der Waals surface area contributed by atoms with Crippen LogP contribution in [0.2, 0.25) is 22.5 Å². The summed E-state index contributed by atoms with van der Waals surface area (Å²) in [6.45, 7) is 11.1. The molecule has 3 heterocycles. The van der Waals surface area contributed by atoms with Crippen LogP contribution in [-0.2, 0) is 14.0 Å². The van der Waals surface area contributed by atoms with E-state index in [1.54, 1.807) is 23.1 Å². The van der Waals surface area contributed by atoms with Gasteiger partial charge >= 0.3 is 12.2 Å². The van der Waals surface area contributed by atoms with Gasteiger partial charge in [0, 0.05) is 12.2 Å². The summed E-state index contributed by atoms with van der Waals surface area (Å²) in [5.74, 6) is -0.839. The lowest BCUT2D eigenvalue weighted by molar-refractivity contribution is -0.127. The van der Waals surface area contributed by atoms with Crippen LogP contribution in [0.25, 0.3) is 0 Å². The number of amides is 3. The number of hydrogen-bond donors (Lipinski definition) is 1. The van der Waals surface area contributed by atoms with Crippen molar-refractivity contribution < 1.29 is 32.7 Å². The van der Waals surface area contributed by atoms with E-state index in [1.165, 1.54) is 12.1 Å². The average molecular weight is 598 g/mol. The topological polar surface area (TPSA) is 97.4 Å². The smallest absolute Gasteiger partial charge is 0.414 e. The van der Waals surface area contributed by atoms with Crippen molar-refractivity contribution in [2.45, 2.75) is 64.0 Å². The van der Waals surface area contributed by atoms with Crippen LogP contribution < -0.4 is 19.9 Å². The van der Waals surface area contributed by atoms with Crippen molar-refractivity contribution in [1.82, 2.24) is 5.32 Å². The third-order valence-corrected chi connectivity index (χ3v) is 12.9. The minimum Gasteiger partial charge on any atom is -0.442 e. The van der Waals surface area contributed by atoms with E-state index >= 15 is 4.39 Å². The van der Waals surface area contributed by atoms with Gasteiger partial charge in [0.15, 0.2) is 13.4 Å². The van der Waals surface area contributed by atoms with Crippen molar-refractivity contribution in [3.8, 4) is 5.06 Å². The molecule has 2 aliphatic rings. The zero-order valence-corrected chi connectivity index (χ0v) is 25.2. The summed E-state index contributed by atoms with van der Waals surface area (Å²) >= 11 is 6.93. The molecule has 39 heavy (non-hydrogen) atoms. The van der Waals surface area contributed by atoms with Gasteiger partial charge in [-0.15, -0.1) is 0 Å². The minimum atomic E-state index is -2.17. The normalized spacial score (nSPS) is 20.3. The van der Waals surface area contributed by atoms with E-state index in [4.69, 9.17) is 25.5 Å². The van der Waals surface area contributed by atoms with Crippen LogP contribution in [0.1, 0.15) is 33.6 Å². The molecule has 0 bridgehead atoms. The number of ether oxygens (including phenoxy) is 2. The fraction of sp³-hybridized carbons (Fsp3) is 0.500. The van der Waals surface area contributed by atoms with Crippen LogP contribution >= 0.6 is 22.9 Å². The number of carbonyl (C=O) groups is 3. The summed E-state index contributed by atoms with van der Waals surface area (Å²) in [5.41, 5.74) is 0.438. The summed E-state index contributed by atoms with van der Waals surface area (Å²) in [7, 11) is -2.17. The Hall–Kier alpha value is -2.67. The quantitative estimate of drug-likeness (QED) is 0.383. The molecule has 0 aliphatic carbocycles. The van der Waals surface area contributed by atoms with Crippen molar-refractivity contribution in [3.05, 3.63) is 40.5 Å². The Morgan fingerprint density at radius 1 is 1.23 bits per heavy atom. The Kier molecular flexibility index (Phi) is 8.60. The highest BCUT2D eigenvalue weighted by Gasteiger charge is 2.43. The first-order valence-corrected chi connectivity index (χ1v) is 16.8. The van der Waals surface area contributed by atoms with Crippen molar-refractivity contribution >= 4 is 60.7 Å². The number of carbonyl (C=O) groups excluding carboxylic acids is 3. The van der Waals surface area contributed by atoms with Crippen molar-refractivity contribution in [2.24, 2.45) is 0 Å². The average Bonchev–Trinajstić information content (AvgIpc) is 3.42. The zero-order chi connectivity index (χ0) is 28.5. The number of benzene rings is 1. The van der Waals surface area contributed by atoms with Gasteiger partial charge in [0.1, 0.15) is 18.0 Å². The maximum atomic E-state index is 15.3. The van der Waals surface area contributed by atoms with E-state index in [9.17, 15) is 14.4 Å². The highest BCUT2D eigenvalue weighted by atomic mass is 35.5. The van der Waals surface area contributed by atoms with Gasteiger partial charge in [-0.25, -0.2) is 14.0 Å². The van der Waals surface area contributed by atoms with Gasteiger partial charge in [0.2, 0.25) is 0 Å². The lowest BCUT2D eigenvalue weighted by Gasteiger charge is -2.41. The predicted molar refractivity (Wildman–Crippen MR) is 151 cm³/mol. The lowest BCUT2D eigenvalue weighted by atomic mass is 10.1. The first-order valence-electron chi connectivity index (χ1n) is 12.7. The molecule has 9 nitrogen and oxygen atoms in total. The highest BCUT2D eigenvalue weighted by molar-refractivity contribution is 7.17. The second-order valence-electron chi connectivity index (χ2n) is 11.1. The maximum Gasteiger partial charge on any atom is 0.414 e. The molecule has 2 aliphatic heterocycles. The summed E-state index contributed by atoms with van der Waals surface area (Å²) in [6.07, 6.45) is -1.35. The number of cyclic esters (lactones) is 1. The summed E-state index contributed by atoms with van der Waals surface area (Å²) in [4.78, 5) is 40.5. The Morgan fingerprint density at radius 2 is 1.97 bits per heavy atom. The standard InChI is InChI=1S/C26H33ClFN3O6SSi/c1-26(2,3)39(4,5)37-20-7-6-12-30(23(20)32)16-8-9-19(18(28)13-16)31-15-17(35-25(31)34)14-29-24(33)36-22-11-10-21(27)38-22/h8-11,13,17,20H,6-7,12,14-15H2,1-5H3,(H,29,33)/t17-,20?/m0/s1. The second kappa shape index (κ2) is 11.4. The van der Waals surface area contributed by atoms with Crippen molar-refractivity contribution in [2.75, 3.05) is 29.4 Å². The number of halogens is 2. The molecule has 0 spiro atoms. The molecular formula is C26H33ClFN3O6SSi. The molecule has 1 N–H and O–H groups in total. The summed E-state index contributed by atoms with van der Waals surface area (Å²) < 4.78 is 32.5. The molecule has 1 aromatic carbocycles. The van der Waals surface area contributed by atoms with Gasteiger partial charge in [0.05, 0.1) is 23.1 Å². The van der Waals surface area contributed by atoms with E-state index in [0.29, 0.717) is 28.1 Å². The lowest BCUT2D eigenvalue weighted by Crippen LogP contribution is -2.52. The van der Waals surface area contributed by atoms with Crippen molar-refractivity contribution in [1.29, 1.82) is 0 Å². The number of anilines is 2. The number of hydrogen-bond acceptors (Lipinski definition) is 7. The molecule has 1 aromatic heterocycles. The van der Waals surface area contributed by atoms with Crippen LogP contribution in [0.15, 0.2) is 30.3 Å². The molecule has 2 atom stereocenters. The molecule has 2 saturated heterocycles. The molecule has 13 heteroatoms. The van der Waals surface area contributed by atoms with Crippen LogP contribution in [0.4, 0.5) is 25.4 Å². The van der Waals surface area contributed by atoms with E-state index in [2.05, 4.69) is 39.2 Å². The SMILES string of the molecule is CC(C)(C)[Si](C)(C)OC1CCCN(c2ccc(N3C[C@H](CNC(=O)Oc4ccc(Cl)s4)OC3=O)c(F)c2)C1=O. The zero-order valence-electron chi connectivity index (χ0n) is 22.6. The first kappa shape index (κ1) is 29.3. The number of rotatable bonds is 7. The molecule has 2 aromatic rings. The fourth-order valence-corrected chi connectivity index (χ4v) is 6.28. The molecule has 0 saturated carbocycles. The number of nitrogens with zero attached hydrogens (tertiary/aromatic N) is 2. The second-order valence-corrected chi connectivity index (χ2v) is 17.5. The van der Waals surface area contributed by atoms with Gasteiger partial charge in [-0.3, -0.25) is 9.69 Å². The molecular weight excluding hydrogens is 565 g/mol. The van der Waals surface area contributed by atoms with Gasteiger partial charge in [-0.1, -0.05) is 43.7 Å². The van der Waals surface area contributed by atoms with Crippen LogP contribution in [0.3, 0.4) is 0 Å². The Labute approximate surface area is 237 Å². The van der Waals surface area contributed by atoms with Crippen LogP contribution in [0, 0.1) is 5.82 Å². The third-order valence-electron chi connectivity index (χ3n) is 7.26.